The zero-order valence-corrected chi connectivity index (χ0v) is 12.8. The first-order valence-corrected chi connectivity index (χ1v) is 8.24. The molecule has 1 aliphatic rings. The van der Waals surface area contributed by atoms with E-state index in [9.17, 15) is 13.5 Å². The first kappa shape index (κ1) is 15.4. The number of nitrogens with zero attached hydrogens (tertiary/aromatic N) is 3. The average Bonchev–Trinajstić information content (AvgIpc) is 3.04. The number of H-pyrrole nitrogens is 1. The summed E-state index contributed by atoms with van der Waals surface area (Å²) in [6.07, 6.45) is 2.37. The number of sulfonamides is 1. The summed E-state index contributed by atoms with van der Waals surface area (Å²) in [6, 6.07) is 0. The molecule has 0 atom stereocenters. The van der Waals surface area contributed by atoms with Gasteiger partial charge in [0.2, 0.25) is 0 Å². The SMILES string of the molecule is Cc1[nH]nc(S(=O)(=O)N(C)CCN2CCCC2)c1CO. The number of aryl methyl sites for hydroxylation is 1. The molecule has 2 N–H and O–H groups in total. The minimum atomic E-state index is -3.65. The molecule has 114 valence electrons. The molecule has 0 radical (unpaired) electrons. The molecule has 0 bridgehead atoms. The Labute approximate surface area is 119 Å². The molecule has 8 heteroatoms. The van der Waals surface area contributed by atoms with E-state index in [1.807, 2.05) is 0 Å². The zero-order valence-electron chi connectivity index (χ0n) is 12.0. The Hall–Kier alpha value is -0.960. The van der Waals surface area contributed by atoms with Crippen LogP contribution in [-0.4, -0.2) is 66.2 Å². The molecule has 0 aliphatic carbocycles. The van der Waals surface area contributed by atoms with E-state index < -0.39 is 10.0 Å². The van der Waals surface area contributed by atoms with Crippen molar-refractivity contribution >= 4 is 10.0 Å². The molecular weight excluding hydrogens is 280 g/mol. The number of aliphatic hydroxyl groups is 1. The molecule has 20 heavy (non-hydrogen) atoms. The smallest absolute Gasteiger partial charge is 0.262 e. The molecule has 0 aromatic carbocycles. The second-order valence-electron chi connectivity index (χ2n) is 5.17. The third-order valence-electron chi connectivity index (χ3n) is 3.78. The van der Waals surface area contributed by atoms with Gasteiger partial charge >= 0.3 is 0 Å². The van der Waals surface area contributed by atoms with E-state index in [0.29, 0.717) is 17.8 Å². The maximum Gasteiger partial charge on any atom is 0.262 e. The van der Waals surface area contributed by atoms with Gasteiger partial charge in [0.05, 0.1) is 6.61 Å². The lowest BCUT2D eigenvalue weighted by molar-refractivity contribution is 0.276. The van der Waals surface area contributed by atoms with Crippen molar-refractivity contribution in [3.63, 3.8) is 0 Å². The maximum absolute atomic E-state index is 12.4. The van der Waals surface area contributed by atoms with Crippen LogP contribution in [0, 0.1) is 6.92 Å². The summed E-state index contributed by atoms with van der Waals surface area (Å²) < 4.78 is 26.2. The molecule has 7 nitrogen and oxygen atoms in total. The number of likely N-dealkylation sites (N-methyl/N-ethyl adjacent to an activating group) is 1. The van der Waals surface area contributed by atoms with Gasteiger partial charge in [0, 0.05) is 31.4 Å². The largest absolute Gasteiger partial charge is 0.392 e. The molecule has 0 amide bonds. The number of rotatable bonds is 6. The zero-order chi connectivity index (χ0) is 14.8. The molecule has 2 rings (SSSR count). The molecule has 0 saturated carbocycles. The molecule has 0 spiro atoms. The van der Waals surface area contributed by atoms with Crippen molar-refractivity contribution in [3.05, 3.63) is 11.3 Å². The highest BCUT2D eigenvalue weighted by Gasteiger charge is 2.28. The number of hydrogen-bond acceptors (Lipinski definition) is 5. The Kier molecular flexibility index (Phi) is 4.79. The van der Waals surface area contributed by atoms with Crippen LogP contribution in [0.15, 0.2) is 5.03 Å². The van der Waals surface area contributed by atoms with Crippen LogP contribution in [0.4, 0.5) is 0 Å². The number of hydrogen-bond donors (Lipinski definition) is 2. The van der Waals surface area contributed by atoms with Gasteiger partial charge in [-0.15, -0.1) is 0 Å². The summed E-state index contributed by atoms with van der Waals surface area (Å²) in [5.41, 5.74) is 0.928. The van der Waals surface area contributed by atoms with Crippen molar-refractivity contribution in [1.29, 1.82) is 0 Å². The van der Waals surface area contributed by atoms with Gasteiger partial charge in [-0.05, 0) is 32.9 Å². The predicted molar refractivity (Wildman–Crippen MR) is 74.7 cm³/mol. The summed E-state index contributed by atoms with van der Waals surface area (Å²) >= 11 is 0. The molecule has 1 aliphatic heterocycles. The number of nitrogens with one attached hydrogen (secondary N) is 1. The predicted octanol–water partition coefficient (Wildman–Crippen LogP) is -0.0733. The first-order valence-electron chi connectivity index (χ1n) is 6.80. The lowest BCUT2D eigenvalue weighted by atomic mass is 10.3. The fraction of sp³-hybridized carbons (Fsp3) is 0.750. The normalized spacial score (nSPS) is 17.2. The summed E-state index contributed by atoms with van der Waals surface area (Å²) in [5, 5.41) is 15.7. The monoisotopic (exact) mass is 302 g/mol. The van der Waals surface area contributed by atoms with E-state index in [4.69, 9.17) is 0 Å². The minimum Gasteiger partial charge on any atom is -0.392 e. The van der Waals surface area contributed by atoms with Crippen LogP contribution >= 0.6 is 0 Å². The Balaban J connectivity index is 2.08. The fourth-order valence-corrected chi connectivity index (χ4v) is 3.69. The quantitative estimate of drug-likeness (QED) is 0.767. The van der Waals surface area contributed by atoms with Gasteiger partial charge in [-0.3, -0.25) is 5.10 Å². The van der Waals surface area contributed by atoms with E-state index in [0.717, 1.165) is 19.6 Å². The van der Waals surface area contributed by atoms with Crippen LogP contribution in [0.3, 0.4) is 0 Å². The Morgan fingerprint density at radius 3 is 2.65 bits per heavy atom. The highest BCUT2D eigenvalue weighted by Crippen LogP contribution is 2.19. The van der Waals surface area contributed by atoms with Gasteiger partial charge in [-0.25, -0.2) is 8.42 Å². The van der Waals surface area contributed by atoms with E-state index in [1.54, 1.807) is 14.0 Å². The Morgan fingerprint density at radius 1 is 1.40 bits per heavy atom. The van der Waals surface area contributed by atoms with Crippen LogP contribution in [0.1, 0.15) is 24.1 Å². The number of aromatic amines is 1. The molecule has 2 heterocycles. The van der Waals surface area contributed by atoms with Crippen LogP contribution in [0.2, 0.25) is 0 Å². The average molecular weight is 302 g/mol. The van der Waals surface area contributed by atoms with Gasteiger partial charge in [-0.1, -0.05) is 0 Å². The summed E-state index contributed by atoms with van der Waals surface area (Å²) in [7, 11) is -2.10. The molecular formula is C12H22N4O3S. The van der Waals surface area contributed by atoms with Gasteiger partial charge in [0.25, 0.3) is 10.0 Å². The highest BCUT2D eigenvalue weighted by molar-refractivity contribution is 7.89. The van der Waals surface area contributed by atoms with Crippen molar-refractivity contribution in [2.24, 2.45) is 0 Å². The van der Waals surface area contributed by atoms with E-state index in [-0.39, 0.29) is 11.6 Å². The van der Waals surface area contributed by atoms with Gasteiger partial charge in [0.15, 0.2) is 5.03 Å². The van der Waals surface area contributed by atoms with Crippen molar-refractivity contribution in [2.75, 3.05) is 33.2 Å². The van der Waals surface area contributed by atoms with Crippen molar-refractivity contribution in [1.82, 2.24) is 19.4 Å². The summed E-state index contributed by atoms with van der Waals surface area (Å²) in [6.45, 7) is 4.60. The third kappa shape index (κ3) is 3.03. The molecule has 1 saturated heterocycles. The number of aromatic nitrogens is 2. The van der Waals surface area contributed by atoms with Crippen LogP contribution in [0.25, 0.3) is 0 Å². The summed E-state index contributed by atoms with van der Waals surface area (Å²) in [4.78, 5) is 2.26. The highest BCUT2D eigenvalue weighted by atomic mass is 32.2. The van der Waals surface area contributed by atoms with Crippen molar-refractivity contribution in [3.8, 4) is 0 Å². The third-order valence-corrected chi connectivity index (χ3v) is 5.61. The topological polar surface area (TPSA) is 89.5 Å². The van der Waals surface area contributed by atoms with E-state index >= 15 is 0 Å². The van der Waals surface area contributed by atoms with Gasteiger partial charge in [0.1, 0.15) is 0 Å². The standard InChI is InChI=1S/C12H22N4O3S/c1-10-11(9-17)12(14-13-10)20(18,19)15(2)7-8-16-5-3-4-6-16/h17H,3-9H2,1-2H3,(H,13,14). The van der Waals surface area contributed by atoms with Gasteiger partial charge in [-0.2, -0.15) is 9.40 Å². The van der Waals surface area contributed by atoms with Crippen LogP contribution in [0.5, 0.6) is 0 Å². The maximum atomic E-state index is 12.4. The minimum absolute atomic E-state index is 0.0681. The first-order chi connectivity index (χ1) is 9.46. The second kappa shape index (κ2) is 6.21. The fourth-order valence-electron chi connectivity index (χ4n) is 2.39. The number of likely N-dealkylation sites (tertiary alicyclic amines) is 1. The van der Waals surface area contributed by atoms with Crippen molar-refractivity contribution < 1.29 is 13.5 Å². The van der Waals surface area contributed by atoms with Crippen LogP contribution < -0.4 is 0 Å². The van der Waals surface area contributed by atoms with Crippen molar-refractivity contribution in [2.45, 2.75) is 31.4 Å². The molecule has 1 aromatic rings. The molecule has 1 fully saturated rings. The number of aliphatic hydroxyl groups excluding tert-OH is 1. The lowest BCUT2D eigenvalue weighted by Gasteiger charge is -2.20. The second-order valence-corrected chi connectivity index (χ2v) is 7.13. The van der Waals surface area contributed by atoms with Gasteiger partial charge < -0.3 is 10.0 Å². The van der Waals surface area contributed by atoms with E-state index in [1.165, 1.54) is 17.1 Å². The van der Waals surface area contributed by atoms with E-state index in [2.05, 4.69) is 15.1 Å². The van der Waals surface area contributed by atoms with Crippen LogP contribution in [-0.2, 0) is 16.6 Å². The lowest BCUT2D eigenvalue weighted by Crippen LogP contribution is -2.35. The molecule has 1 aromatic heterocycles. The summed E-state index contributed by atoms with van der Waals surface area (Å²) in [5.74, 6) is 0. The Morgan fingerprint density at radius 2 is 2.05 bits per heavy atom. The Bertz CT molecular complexity index is 549. The molecule has 0 unspecified atom stereocenters.